The Morgan fingerprint density at radius 1 is 0.906 bits per heavy atom. The third kappa shape index (κ3) is 4.34. The normalized spacial score (nSPS) is 14.0. The Hall–Kier alpha value is -4.06. The first-order valence-corrected chi connectivity index (χ1v) is 10.4. The zero-order valence-corrected chi connectivity index (χ0v) is 17.6. The van der Waals surface area contributed by atoms with Crippen molar-refractivity contribution in [2.45, 2.75) is 19.4 Å². The first-order valence-electron chi connectivity index (χ1n) is 10.4. The molecule has 1 heterocycles. The first-order chi connectivity index (χ1) is 15.6. The molecule has 1 atom stereocenters. The highest BCUT2D eigenvalue weighted by Gasteiger charge is 2.43. The van der Waals surface area contributed by atoms with E-state index in [4.69, 9.17) is 4.74 Å². The summed E-state index contributed by atoms with van der Waals surface area (Å²) in [6, 6.07) is 22.6. The zero-order valence-electron chi connectivity index (χ0n) is 17.6. The second-order valence-electron chi connectivity index (χ2n) is 7.33. The fourth-order valence-corrected chi connectivity index (χ4v) is 3.64. The lowest BCUT2D eigenvalue weighted by molar-refractivity contribution is -0.147. The predicted molar refractivity (Wildman–Crippen MR) is 121 cm³/mol. The number of esters is 1. The average molecular weight is 426 g/mol. The minimum absolute atomic E-state index is 0.158. The SMILES string of the molecule is CCOC(=O)[C@@H](Cc1ccc(N=Cc2ccccc2)cc1)N1C(=O)c2ccccc2C1=O. The van der Waals surface area contributed by atoms with E-state index in [0.29, 0.717) is 11.1 Å². The summed E-state index contributed by atoms with van der Waals surface area (Å²) in [5.74, 6) is -1.56. The van der Waals surface area contributed by atoms with Gasteiger partial charge >= 0.3 is 5.97 Å². The van der Waals surface area contributed by atoms with Gasteiger partial charge in [-0.15, -0.1) is 0 Å². The number of imide groups is 1. The van der Waals surface area contributed by atoms with E-state index in [-0.39, 0.29) is 13.0 Å². The fraction of sp³-hybridized carbons (Fsp3) is 0.154. The Morgan fingerprint density at radius 2 is 1.50 bits per heavy atom. The molecule has 0 N–H and O–H groups in total. The van der Waals surface area contributed by atoms with Gasteiger partial charge in [-0.3, -0.25) is 19.5 Å². The standard InChI is InChI=1S/C26H22N2O4/c1-2-32-26(31)23(28-24(29)21-10-6-7-11-22(21)25(28)30)16-18-12-14-20(15-13-18)27-17-19-8-4-3-5-9-19/h3-15,17,23H,2,16H2,1H3/t23-/m1/s1. The van der Waals surface area contributed by atoms with Crippen molar-refractivity contribution in [3.05, 3.63) is 101 Å². The maximum Gasteiger partial charge on any atom is 0.329 e. The molecular weight excluding hydrogens is 404 g/mol. The quantitative estimate of drug-likeness (QED) is 0.322. The number of aliphatic imine (C=N–C) groups is 1. The van der Waals surface area contributed by atoms with Gasteiger partial charge in [0.1, 0.15) is 6.04 Å². The Morgan fingerprint density at radius 3 is 2.09 bits per heavy atom. The van der Waals surface area contributed by atoms with Gasteiger partial charge in [-0.25, -0.2) is 4.79 Å². The zero-order chi connectivity index (χ0) is 22.5. The summed E-state index contributed by atoms with van der Waals surface area (Å²) in [5.41, 5.74) is 3.14. The van der Waals surface area contributed by atoms with Crippen molar-refractivity contribution in [3.63, 3.8) is 0 Å². The van der Waals surface area contributed by atoms with Crippen LogP contribution in [-0.4, -0.2) is 41.5 Å². The van der Waals surface area contributed by atoms with E-state index in [1.54, 1.807) is 37.4 Å². The number of benzene rings is 3. The summed E-state index contributed by atoms with van der Waals surface area (Å²) in [4.78, 5) is 44.0. The van der Waals surface area contributed by atoms with Crippen molar-refractivity contribution in [2.24, 2.45) is 4.99 Å². The molecule has 0 saturated carbocycles. The van der Waals surface area contributed by atoms with Crippen molar-refractivity contribution in [1.29, 1.82) is 0 Å². The maximum absolute atomic E-state index is 12.9. The van der Waals surface area contributed by atoms with Gasteiger partial charge in [0, 0.05) is 12.6 Å². The average Bonchev–Trinajstić information content (AvgIpc) is 3.08. The Balaban J connectivity index is 1.55. The number of carbonyl (C=O) groups is 3. The molecule has 0 aromatic heterocycles. The summed E-state index contributed by atoms with van der Waals surface area (Å²) in [6.45, 7) is 1.85. The minimum atomic E-state index is -1.04. The van der Waals surface area contributed by atoms with Gasteiger partial charge in [0.05, 0.1) is 23.4 Å². The van der Waals surface area contributed by atoms with Gasteiger partial charge < -0.3 is 4.74 Å². The summed E-state index contributed by atoms with van der Waals surface area (Å²) < 4.78 is 5.19. The molecule has 3 aromatic carbocycles. The molecule has 6 nitrogen and oxygen atoms in total. The largest absolute Gasteiger partial charge is 0.464 e. The number of carbonyl (C=O) groups excluding carboxylic acids is 3. The van der Waals surface area contributed by atoms with E-state index >= 15 is 0 Å². The molecule has 2 amide bonds. The summed E-state index contributed by atoms with van der Waals surface area (Å²) in [6.07, 6.45) is 1.93. The highest BCUT2D eigenvalue weighted by atomic mass is 16.5. The molecule has 4 rings (SSSR count). The fourth-order valence-electron chi connectivity index (χ4n) is 3.64. The summed E-state index contributed by atoms with van der Waals surface area (Å²) in [7, 11) is 0. The maximum atomic E-state index is 12.9. The topological polar surface area (TPSA) is 76.0 Å². The Labute approximate surface area is 186 Å². The van der Waals surface area contributed by atoms with Crippen LogP contribution in [0.3, 0.4) is 0 Å². The smallest absolute Gasteiger partial charge is 0.329 e. The van der Waals surface area contributed by atoms with Crippen LogP contribution in [0.25, 0.3) is 0 Å². The van der Waals surface area contributed by atoms with E-state index < -0.39 is 23.8 Å². The molecule has 0 radical (unpaired) electrons. The lowest BCUT2D eigenvalue weighted by Crippen LogP contribution is -2.47. The van der Waals surface area contributed by atoms with Gasteiger partial charge in [0.15, 0.2) is 0 Å². The molecule has 0 spiro atoms. The molecule has 3 aromatic rings. The van der Waals surface area contributed by atoms with E-state index in [2.05, 4.69) is 4.99 Å². The van der Waals surface area contributed by atoms with Gasteiger partial charge in [-0.05, 0) is 42.3 Å². The van der Waals surface area contributed by atoms with Crippen molar-refractivity contribution in [3.8, 4) is 0 Å². The van der Waals surface area contributed by atoms with E-state index in [9.17, 15) is 14.4 Å². The second kappa shape index (κ2) is 9.39. The second-order valence-corrected chi connectivity index (χ2v) is 7.33. The van der Waals surface area contributed by atoms with E-state index in [1.807, 2.05) is 54.6 Å². The van der Waals surface area contributed by atoms with Crippen molar-refractivity contribution >= 4 is 29.7 Å². The molecule has 0 fully saturated rings. The van der Waals surface area contributed by atoms with Crippen LogP contribution in [0.2, 0.25) is 0 Å². The van der Waals surface area contributed by atoms with Crippen LogP contribution >= 0.6 is 0 Å². The van der Waals surface area contributed by atoms with E-state index in [1.165, 1.54) is 0 Å². The summed E-state index contributed by atoms with van der Waals surface area (Å²) in [5, 5.41) is 0. The Bertz CT molecular complexity index is 1130. The van der Waals surface area contributed by atoms with Crippen LogP contribution < -0.4 is 0 Å². The highest BCUT2D eigenvalue weighted by Crippen LogP contribution is 2.27. The molecule has 160 valence electrons. The van der Waals surface area contributed by atoms with Gasteiger partial charge in [-0.2, -0.15) is 0 Å². The number of ether oxygens (including phenoxy) is 1. The monoisotopic (exact) mass is 426 g/mol. The van der Waals surface area contributed by atoms with Gasteiger partial charge in [0.25, 0.3) is 11.8 Å². The molecule has 6 heteroatoms. The third-order valence-corrected chi connectivity index (χ3v) is 5.22. The number of amides is 2. The number of hydrogen-bond acceptors (Lipinski definition) is 5. The van der Waals surface area contributed by atoms with Crippen LogP contribution in [-0.2, 0) is 16.0 Å². The lowest BCUT2D eigenvalue weighted by atomic mass is 10.0. The molecule has 0 bridgehead atoms. The summed E-state index contributed by atoms with van der Waals surface area (Å²) >= 11 is 0. The predicted octanol–water partition coefficient (Wildman–Crippen LogP) is 4.21. The molecular formula is C26H22N2O4. The first kappa shape index (κ1) is 21.2. The van der Waals surface area contributed by atoms with Crippen molar-refractivity contribution in [2.75, 3.05) is 6.61 Å². The minimum Gasteiger partial charge on any atom is -0.464 e. The molecule has 1 aliphatic heterocycles. The molecule has 1 aliphatic rings. The third-order valence-electron chi connectivity index (χ3n) is 5.22. The number of fused-ring (bicyclic) bond motifs is 1. The van der Waals surface area contributed by atoms with Crippen LogP contribution in [0.15, 0.2) is 83.9 Å². The number of hydrogen-bond donors (Lipinski definition) is 0. The van der Waals surface area contributed by atoms with Crippen LogP contribution in [0.4, 0.5) is 5.69 Å². The van der Waals surface area contributed by atoms with Gasteiger partial charge in [-0.1, -0.05) is 54.6 Å². The van der Waals surface area contributed by atoms with Crippen molar-refractivity contribution in [1.82, 2.24) is 4.90 Å². The number of rotatable bonds is 7. The van der Waals surface area contributed by atoms with E-state index in [0.717, 1.165) is 21.7 Å². The highest BCUT2D eigenvalue weighted by molar-refractivity contribution is 6.22. The molecule has 0 saturated heterocycles. The van der Waals surface area contributed by atoms with Crippen LogP contribution in [0, 0.1) is 0 Å². The molecule has 0 unspecified atom stereocenters. The van der Waals surface area contributed by atoms with Crippen LogP contribution in [0.1, 0.15) is 38.8 Å². The van der Waals surface area contributed by atoms with Gasteiger partial charge in [0.2, 0.25) is 0 Å². The Kier molecular flexibility index (Phi) is 6.22. The molecule has 0 aliphatic carbocycles. The van der Waals surface area contributed by atoms with Crippen LogP contribution in [0.5, 0.6) is 0 Å². The number of nitrogens with zero attached hydrogens (tertiary/aromatic N) is 2. The lowest BCUT2D eigenvalue weighted by Gasteiger charge is -2.24. The van der Waals surface area contributed by atoms with Crippen molar-refractivity contribution < 1.29 is 19.1 Å². The molecule has 32 heavy (non-hydrogen) atoms.